The van der Waals surface area contributed by atoms with Gasteiger partial charge < -0.3 is 10.4 Å². The molecule has 3 rings (SSSR count). The topological polar surface area (TPSA) is 105 Å². The number of carbonyl (C=O) groups is 2. The van der Waals surface area contributed by atoms with Gasteiger partial charge in [0.05, 0.1) is 12.1 Å². The third-order valence-corrected chi connectivity index (χ3v) is 5.51. The van der Waals surface area contributed by atoms with Gasteiger partial charge in [0.15, 0.2) is 11.5 Å². The lowest BCUT2D eigenvalue weighted by atomic mass is 9.97. The zero-order valence-corrected chi connectivity index (χ0v) is 17.2. The van der Waals surface area contributed by atoms with Crippen molar-refractivity contribution < 1.29 is 19.1 Å². The number of carbonyl (C=O) groups excluding carboxylic acids is 2. The van der Waals surface area contributed by atoms with Crippen LogP contribution in [0.5, 0.6) is 5.75 Å². The van der Waals surface area contributed by atoms with E-state index in [0.717, 1.165) is 5.56 Å². The Morgan fingerprint density at radius 3 is 2.53 bits per heavy atom. The number of amides is 1. The maximum absolute atomic E-state index is 13.0. The SMILES string of the molecule is CNC(=O)CN1CCn2c(nc(C(=O)CCc3ccc(F)cc3)c(O)c2=O)C1(C)C. The largest absolute Gasteiger partial charge is 0.501 e. The first-order valence-electron chi connectivity index (χ1n) is 9.72. The molecule has 1 aromatic heterocycles. The van der Waals surface area contributed by atoms with Crippen LogP contribution in [0.2, 0.25) is 0 Å². The molecule has 1 aliphatic rings. The van der Waals surface area contributed by atoms with Gasteiger partial charge >= 0.3 is 0 Å². The second-order valence-corrected chi connectivity index (χ2v) is 7.79. The molecular weight excluding hydrogens is 391 g/mol. The first kappa shape index (κ1) is 21.6. The van der Waals surface area contributed by atoms with Crippen molar-refractivity contribution in [3.8, 4) is 5.75 Å². The van der Waals surface area contributed by atoms with Crippen molar-refractivity contribution in [2.75, 3.05) is 20.1 Å². The zero-order chi connectivity index (χ0) is 22.1. The van der Waals surface area contributed by atoms with Crippen LogP contribution in [0.1, 0.15) is 42.1 Å². The maximum atomic E-state index is 13.0. The monoisotopic (exact) mass is 416 g/mol. The third-order valence-electron chi connectivity index (χ3n) is 5.51. The van der Waals surface area contributed by atoms with Crippen LogP contribution in [0.15, 0.2) is 29.1 Å². The number of Topliss-reactive ketones (excluding diaryl/α,β-unsaturated/α-hetero) is 1. The minimum absolute atomic E-state index is 0.0114. The molecule has 0 radical (unpaired) electrons. The highest BCUT2D eigenvalue weighted by molar-refractivity contribution is 5.96. The highest BCUT2D eigenvalue weighted by atomic mass is 19.1. The van der Waals surface area contributed by atoms with E-state index in [1.54, 1.807) is 19.2 Å². The number of aromatic nitrogens is 2. The minimum atomic E-state index is -0.802. The number of likely N-dealkylation sites (N-methyl/N-ethyl adjacent to an activating group) is 1. The van der Waals surface area contributed by atoms with Crippen molar-refractivity contribution in [2.45, 2.75) is 38.8 Å². The van der Waals surface area contributed by atoms with Gasteiger partial charge in [-0.3, -0.25) is 23.9 Å². The summed E-state index contributed by atoms with van der Waals surface area (Å²) in [5.74, 6) is -1.36. The summed E-state index contributed by atoms with van der Waals surface area (Å²) in [6.45, 7) is 4.42. The molecule has 2 N–H and O–H groups in total. The Kier molecular flexibility index (Phi) is 6.02. The summed E-state index contributed by atoms with van der Waals surface area (Å²) in [6, 6.07) is 5.78. The van der Waals surface area contributed by atoms with Crippen molar-refractivity contribution >= 4 is 11.7 Å². The molecule has 2 heterocycles. The summed E-state index contributed by atoms with van der Waals surface area (Å²) in [5.41, 5.74) is -0.985. The van der Waals surface area contributed by atoms with Crippen LogP contribution in [0.3, 0.4) is 0 Å². The lowest BCUT2D eigenvalue weighted by Crippen LogP contribution is -2.55. The number of benzene rings is 1. The predicted molar refractivity (Wildman–Crippen MR) is 108 cm³/mol. The molecule has 1 aromatic carbocycles. The van der Waals surface area contributed by atoms with E-state index >= 15 is 0 Å². The predicted octanol–water partition coefficient (Wildman–Crippen LogP) is 1.20. The summed E-state index contributed by atoms with van der Waals surface area (Å²) >= 11 is 0. The van der Waals surface area contributed by atoms with E-state index < -0.39 is 22.6 Å². The van der Waals surface area contributed by atoms with Crippen molar-refractivity contribution in [1.82, 2.24) is 19.8 Å². The van der Waals surface area contributed by atoms with Crippen molar-refractivity contribution in [3.63, 3.8) is 0 Å². The molecule has 8 nitrogen and oxygen atoms in total. The maximum Gasteiger partial charge on any atom is 0.296 e. The number of nitrogens with one attached hydrogen (secondary N) is 1. The van der Waals surface area contributed by atoms with Crippen LogP contribution in [0.4, 0.5) is 4.39 Å². The molecule has 0 fully saturated rings. The number of aryl methyl sites for hydroxylation is 1. The van der Waals surface area contributed by atoms with Gasteiger partial charge in [-0.25, -0.2) is 9.37 Å². The fourth-order valence-electron chi connectivity index (χ4n) is 3.61. The van der Waals surface area contributed by atoms with E-state index in [1.807, 2.05) is 18.7 Å². The Hall–Kier alpha value is -3.07. The van der Waals surface area contributed by atoms with Crippen molar-refractivity contribution in [1.29, 1.82) is 0 Å². The molecule has 0 unspecified atom stereocenters. The van der Waals surface area contributed by atoms with Gasteiger partial charge in [-0.15, -0.1) is 0 Å². The Bertz CT molecular complexity index is 1030. The zero-order valence-electron chi connectivity index (χ0n) is 17.2. The second kappa shape index (κ2) is 8.35. The minimum Gasteiger partial charge on any atom is -0.501 e. The molecule has 1 amide bonds. The normalized spacial score (nSPS) is 15.5. The van der Waals surface area contributed by atoms with Gasteiger partial charge in [-0.1, -0.05) is 12.1 Å². The van der Waals surface area contributed by atoms with Crippen molar-refractivity contribution in [2.24, 2.45) is 0 Å². The third kappa shape index (κ3) is 4.11. The Labute approximate surface area is 173 Å². The van der Waals surface area contributed by atoms with Gasteiger partial charge in [0.1, 0.15) is 11.6 Å². The molecular formula is C21H25FN4O4. The Balaban J connectivity index is 1.90. The first-order valence-corrected chi connectivity index (χ1v) is 9.72. The molecule has 9 heteroatoms. The molecule has 0 aliphatic carbocycles. The van der Waals surface area contributed by atoms with Crippen LogP contribution in [0.25, 0.3) is 0 Å². The Morgan fingerprint density at radius 1 is 1.23 bits per heavy atom. The number of rotatable bonds is 6. The fraction of sp³-hybridized carbons (Fsp3) is 0.429. The number of halogens is 1. The van der Waals surface area contributed by atoms with Crippen LogP contribution in [-0.2, 0) is 23.3 Å². The summed E-state index contributed by atoms with van der Waals surface area (Å²) in [6.07, 6.45) is 0.336. The smallest absolute Gasteiger partial charge is 0.296 e. The Morgan fingerprint density at radius 2 is 1.90 bits per heavy atom. The van der Waals surface area contributed by atoms with Gasteiger partial charge in [0.25, 0.3) is 5.56 Å². The van der Waals surface area contributed by atoms with E-state index in [4.69, 9.17) is 0 Å². The lowest BCUT2D eigenvalue weighted by Gasteiger charge is -2.42. The van der Waals surface area contributed by atoms with Gasteiger partial charge in [-0.2, -0.15) is 0 Å². The highest BCUT2D eigenvalue weighted by Crippen LogP contribution is 2.30. The first-order chi connectivity index (χ1) is 14.1. The standard InChI is InChI=1S/C21H25FN4O4/c1-21(2)20-24-17(15(27)9-6-13-4-7-14(22)8-5-13)18(29)19(30)26(20)11-10-25(21)12-16(28)23-3/h4-5,7-8,29H,6,9-12H2,1-3H3,(H,23,28). The summed E-state index contributed by atoms with van der Waals surface area (Å²) < 4.78 is 14.4. The van der Waals surface area contributed by atoms with Crippen LogP contribution in [-0.4, -0.2) is 51.4 Å². The number of hydrogen-bond acceptors (Lipinski definition) is 6. The fourth-order valence-corrected chi connectivity index (χ4v) is 3.61. The van der Waals surface area contributed by atoms with Gasteiger partial charge in [0.2, 0.25) is 11.7 Å². The van der Waals surface area contributed by atoms with Crippen LogP contribution in [0, 0.1) is 5.82 Å². The molecule has 160 valence electrons. The van der Waals surface area contributed by atoms with E-state index in [2.05, 4.69) is 10.3 Å². The van der Waals surface area contributed by atoms with E-state index in [0.29, 0.717) is 18.8 Å². The average Bonchev–Trinajstić information content (AvgIpc) is 2.71. The number of nitrogens with zero attached hydrogens (tertiary/aromatic N) is 3. The van der Waals surface area contributed by atoms with Crippen LogP contribution >= 0.6 is 0 Å². The van der Waals surface area contributed by atoms with Crippen molar-refractivity contribution in [3.05, 3.63) is 57.5 Å². The lowest BCUT2D eigenvalue weighted by molar-refractivity contribution is -0.123. The second-order valence-electron chi connectivity index (χ2n) is 7.79. The molecule has 2 aromatic rings. The van der Waals surface area contributed by atoms with E-state index in [9.17, 15) is 23.9 Å². The average molecular weight is 416 g/mol. The molecule has 1 aliphatic heterocycles. The summed E-state index contributed by atoms with van der Waals surface area (Å²) in [7, 11) is 1.55. The quantitative estimate of drug-likeness (QED) is 0.686. The summed E-state index contributed by atoms with van der Waals surface area (Å²) in [4.78, 5) is 43.5. The molecule has 0 spiro atoms. The van der Waals surface area contributed by atoms with Gasteiger partial charge in [0, 0.05) is 26.6 Å². The summed E-state index contributed by atoms with van der Waals surface area (Å²) in [5, 5.41) is 12.9. The number of aromatic hydroxyl groups is 1. The van der Waals surface area contributed by atoms with Gasteiger partial charge in [-0.05, 0) is 38.0 Å². The molecule has 30 heavy (non-hydrogen) atoms. The van der Waals surface area contributed by atoms with E-state index in [-0.39, 0.29) is 36.9 Å². The van der Waals surface area contributed by atoms with Crippen LogP contribution < -0.4 is 10.9 Å². The number of hydrogen-bond donors (Lipinski definition) is 2. The number of fused-ring (bicyclic) bond motifs is 1. The molecule has 0 saturated carbocycles. The molecule has 0 saturated heterocycles. The molecule has 0 atom stereocenters. The van der Waals surface area contributed by atoms with E-state index in [1.165, 1.54) is 16.7 Å². The highest BCUT2D eigenvalue weighted by Gasteiger charge is 2.39. The number of ketones is 1. The molecule has 0 bridgehead atoms.